The fourth-order valence-electron chi connectivity index (χ4n) is 1.34. The van der Waals surface area contributed by atoms with Crippen LogP contribution in [0.1, 0.15) is 16.8 Å². The number of nitrogens with one attached hydrogen (secondary N) is 1. The van der Waals surface area contributed by atoms with E-state index in [4.69, 9.17) is 5.11 Å². The first-order chi connectivity index (χ1) is 8.56. The lowest BCUT2D eigenvalue weighted by Crippen LogP contribution is -2.46. The van der Waals surface area contributed by atoms with Crippen LogP contribution >= 0.6 is 12.6 Å². The maximum absolute atomic E-state index is 11.9. The molecule has 0 saturated heterocycles. The van der Waals surface area contributed by atoms with E-state index in [9.17, 15) is 14.4 Å². The third kappa shape index (κ3) is 3.89. The summed E-state index contributed by atoms with van der Waals surface area (Å²) in [6.07, 6.45) is 0.0644. The Morgan fingerprint density at radius 3 is 2.33 bits per heavy atom. The van der Waals surface area contributed by atoms with Crippen LogP contribution in [-0.4, -0.2) is 34.6 Å². The monoisotopic (exact) mass is 267 g/mol. The van der Waals surface area contributed by atoms with Gasteiger partial charge in [0.25, 0.3) is 0 Å². The molecule has 5 nitrogen and oxygen atoms in total. The van der Waals surface area contributed by atoms with E-state index < -0.39 is 23.7 Å². The van der Waals surface area contributed by atoms with Crippen molar-refractivity contribution in [2.45, 2.75) is 12.5 Å². The van der Waals surface area contributed by atoms with Gasteiger partial charge in [0, 0.05) is 12.0 Å². The van der Waals surface area contributed by atoms with Crippen LogP contribution in [0, 0.1) is 0 Å². The molecule has 1 unspecified atom stereocenters. The van der Waals surface area contributed by atoms with Crippen LogP contribution in [0.4, 0.5) is 0 Å². The number of aliphatic carboxylic acids is 1. The van der Waals surface area contributed by atoms with Gasteiger partial charge in [-0.15, -0.1) is 0 Å². The molecule has 1 rings (SSSR count). The van der Waals surface area contributed by atoms with Crippen LogP contribution in [0.2, 0.25) is 0 Å². The number of carbonyl (C=O) groups excluding carboxylic acids is 2. The largest absolute Gasteiger partial charge is 0.479 e. The van der Waals surface area contributed by atoms with Gasteiger partial charge in [-0.2, -0.15) is 12.6 Å². The highest BCUT2D eigenvalue weighted by atomic mass is 32.1. The topological polar surface area (TPSA) is 83.5 Å². The fraction of sp³-hybridized carbons (Fsp3) is 0.250. The summed E-state index contributed by atoms with van der Waals surface area (Å²) < 4.78 is 0. The maximum Gasteiger partial charge on any atom is 0.334 e. The molecule has 18 heavy (non-hydrogen) atoms. The number of rotatable bonds is 6. The van der Waals surface area contributed by atoms with Gasteiger partial charge in [0.15, 0.2) is 11.8 Å². The van der Waals surface area contributed by atoms with Crippen molar-refractivity contribution in [2.75, 3.05) is 5.75 Å². The van der Waals surface area contributed by atoms with Crippen molar-refractivity contribution in [2.24, 2.45) is 0 Å². The summed E-state index contributed by atoms with van der Waals surface area (Å²) >= 11 is 3.86. The normalized spacial score (nSPS) is 11.6. The van der Waals surface area contributed by atoms with E-state index in [0.29, 0.717) is 0 Å². The van der Waals surface area contributed by atoms with Gasteiger partial charge < -0.3 is 10.4 Å². The zero-order chi connectivity index (χ0) is 13.5. The van der Waals surface area contributed by atoms with Crippen LogP contribution in [0.5, 0.6) is 0 Å². The predicted octanol–water partition coefficient (Wildman–Crippen LogP) is 0.759. The number of amides is 1. The second-order valence-electron chi connectivity index (χ2n) is 3.54. The quantitative estimate of drug-likeness (QED) is 0.403. The summed E-state index contributed by atoms with van der Waals surface area (Å²) in [4.78, 5) is 34.2. The van der Waals surface area contributed by atoms with Gasteiger partial charge in [-0.25, -0.2) is 4.79 Å². The van der Waals surface area contributed by atoms with Crippen LogP contribution in [0.15, 0.2) is 30.3 Å². The van der Waals surface area contributed by atoms with E-state index in [2.05, 4.69) is 17.9 Å². The molecule has 0 aromatic heterocycles. The number of carbonyl (C=O) groups is 3. The van der Waals surface area contributed by atoms with E-state index >= 15 is 0 Å². The first-order valence-corrected chi connectivity index (χ1v) is 5.91. The first-order valence-electron chi connectivity index (χ1n) is 5.28. The third-order valence-corrected chi connectivity index (χ3v) is 2.44. The Labute approximate surface area is 110 Å². The smallest absolute Gasteiger partial charge is 0.334 e. The number of benzene rings is 1. The lowest BCUT2D eigenvalue weighted by molar-refractivity contribution is -0.140. The molecule has 1 aromatic rings. The Kier molecular flexibility index (Phi) is 5.38. The molecule has 1 amide bonds. The average molecular weight is 267 g/mol. The molecular weight excluding hydrogens is 254 g/mol. The highest BCUT2D eigenvalue weighted by molar-refractivity contribution is 7.80. The van der Waals surface area contributed by atoms with Gasteiger partial charge in [0.2, 0.25) is 5.91 Å². The summed E-state index contributed by atoms with van der Waals surface area (Å²) in [6.45, 7) is 0. The molecular formula is C12H13NO4S. The van der Waals surface area contributed by atoms with Crippen molar-refractivity contribution in [3.05, 3.63) is 35.9 Å². The van der Waals surface area contributed by atoms with Crippen molar-refractivity contribution in [1.29, 1.82) is 0 Å². The minimum atomic E-state index is -1.56. The van der Waals surface area contributed by atoms with Crippen molar-refractivity contribution in [3.8, 4) is 0 Å². The Bertz CT molecular complexity index is 447. The summed E-state index contributed by atoms with van der Waals surface area (Å²) in [6, 6.07) is 6.42. The van der Waals surface area contributed by atoms with Crippen molar-refractivity contribution >= 4 is 30.3 Å². The molecule has 0 spiro atoms. The lowest BCUT2D eigenvalue weighted by Gasteiger charge is -2.13. The summed E-state index contributed by atoms with van der Waals surface area (Å²) in [7, 11) is 0. The molecule has 0 saturated carbocycles. The minimum Gasteiger partial charge on any atom is -0.479 e. The van der Waals surface area contributed by atoms with Crippen molar-refractivity contribution in [3.63, 3.8) is 0 Å². The number of carboxylic acids is 1. The molecule has 1 aromatic carbocycles. The van der Waals surface area contributed by atoms with Crippen molar-refractivity contribution < 1.29 is 19.5 Å². The second-order valence-corrected chi connectivity index (χ2v) is 3.99. The Hall–Kier alpha value is -1.82. The second kappa shape index (κ2) is 6.80. The standard InChI is InChI=1S/C12H13NO4S/c14-9(6-7-18)13-10(12(16)17)11(15)8-4-2-1-3-5-8/h1-5,10,18H,6-7H2,(H,13,14)(H,16,17). The number of thiol groups is 1. The third-order valence-electron chi connectivity index (χ3n) is 2.21. The van der Waals surface area contributed by atoms with Crippen LogP contribution in [-0.2, 0) is 9.59 Å². The highest BCUT2D eigenvalue weighted by Gasteiger charge is 2.28. The van der Waals surface area contributed by atoms with E-state index in [1.807, 2.05) is 0 Å². The molecule has 0 radical (unpaired) electrons. The van der Waals surface area contributed by atoms with Crippen LogP contribution < -0.4 is 5.32 Å². The van der Waals surface area contributed by atoms with E-state index in [-0.39, 0.29) is 17.7 Å². The van der Waals surface area contributed by atoms with Gasteiger partial charge in [0.05, 0.1) is 0 Å². The summed E-state index contributed by atoms with van der Waals surface area (Å²) in [5.74, 6) is -2.24. The van der Waals surface area contributed by atoms with Gasteiger partial charge in [-0.05, 0) is 5.75 Å². The summed E-state index contributed by atoms with van der Waals surface area (Å²) in [5.41, 5.74) is 0.246. The van der Waals surface area contributed by atoms with Gasteiger partial charge in [-0.1, -0.05) is 30.3 Å². The maximum atomic E-state index is 11.9. The lowest BCUT2D eigenvalue weighted by atomic mass is 10.0. The van der Waals surface area contributed by atoms with E-state index in [0.717, 1.165) is 0 Å². The molecule has 0 aliphatic rings. The number of hydrogen-bond acceptors (Lipinski definition) is 4. The first kappa shape index (κ1) is 14.2. The van der Waals surface area contributed by atoms with Crippen molar-refractivity contribution in [1.82, 2.24) is 5.32 Å². The molecule has 0 fully saturated rings. The molecule has 0 aliphatic heterocycles. The van der Waals surface area contributed by atoms with Gasteiger partial charge in [-0.3, -0.25) is 9.59 Å². The van der Waals surface area contributed by atoms with Gasteiger partial charge >= 0.3 is 5.97 Å². The number of Topliss-reactive ketones (excluding diaryl/α,β-unsaturated/α-hetero) is 1. The predicted molar refractivity (Wildman–Crippen MR) is 68.8 cm³/mol. The SMILES string of the molecule is O=C(CCS)NC(C(=O)O)C(=O)c1ccccc1. The average Bonchev–Trinajstić information content (AvgIpc) is 2.36. The van der Waals surface area contributed by atoms with E-state index in [1.54, 1.807) is 18.2 Å². The molecule has 2 N–H and O–H groups in total. The van der Waals surface area contributed by atoms with Crippen LogP contribution in [0.25, 0.3) is 0 Å². The molecule has 0 aliphatic carbocycles. The number of ketones is 1. The molecule has 1 atom stereocenters. The number of carboxylic acid groups (broad SMARTS) is 1. The Morgan fingerprint density at radius 2 is 1.83 bits per heavy atom. The Balaban J connectivity index is 2.83. The van der Waals surface area contributed by atoms with Gasteiger partial charge in [0.1, 0.15) is 0 Å². The van der Waals surface area contributed by atoms with Crippen LogP contribution in [0.3, 0.4) is 0 Å². The molecule has 0 heterocycles. The zero-order valence-electron chi connectivity index (χ0n) is 9.50. The summed E-state index contributed by atoms with van der Waals surface area (Å²) in [5, 5.41) is 11.1. The molecule has 96 valence electrons. The minimum absolute atomic E-state index is 0.0644. The fourth-order valence-corrected chi connectivity index (χ4v) is 1.55. The van der Waals surface area contributed by atoms with E-state index in [1.165, 1.54) is 12.1 Å². The zero-order valence-corrected chi connectivity index (χ0v) is 10.4. The molecule has 0 bridgehead atoms. The number of hydrogen-bond donors (Lipinski definition) is 3. The Morgan fingerprint density at radius 1 is 1.22 bits per heavy atom. The molecule has 6 heteroatoms. The highest BCUT2D eigenvalue weighted by Crippen LogP contribution is 2.04.